The van der Waals surface area contributed by atoms with Crippen LogP contribution in [0, 0.1) is 11.7 Å². The first-order valence-electron chi connectivity index (χ1n) is 15.9. The number of nitrogens with one attached hydrogen (secondary N) is 4. The molecule has 3 aromatic rings. The molecule has 0 saturated heterocycles. The Kier molecular flexibility index (Phi) is 12.3. The van der Waals surface area contributed by atoms with E-state index in [0.717, 1.165) is 5.56 Å². The predicted molar refractivity (Wildman–Crippen MR) is 177 cm³/mol. The minimum Gasteiger partial charge on any atom is -0.454 e. The number of amides is 5. The van der Waals surface area contributed by atoms with Crippen molar-refractivity contribution < 1.29 is 33.1 Å². The molecule has 0 saturated carbocycles. The Balaban J connectivity index is 1.73. The summed E-state index contributed by atoms with van der Waals surface area (Å²) in [4.78, 5) is 67.8. The van der Waals surface area contributed by atoms with Crippen LogP contribution in [0.25, 0.3) is 0 Å². The Morgan fingerprint density at radius 2 is 1.58 bits per heavy atom. The highest BCUT2D eigenvalue weighted by Gasteiger charge is 2.32. The maximum atomic E-state index is 14.8. The van der Waals surface area contributed by atoms with E-state index in [9.17, 15) is 28.4 Å². The second-order valence-corrected chi connectivity index (χ2v) is 12.3. The summed E-state index contributed by atoms with van der Waals surface area (Å²) in [5.41, 5.74) is 1.91. The molecular weight excluding hydrogens is 617 g/mol. The Hall–Kier alpha value is -5.26. The number of likely N-dealkylation sites (N-methyl/N-ethyl adjacent to an activating group) is 2. The summed E-state index contributed by atoms with van der Waals surface area (Å²) in [5.74, 6) is -2.96. The lowest BCUT2D eigenvalue weighted by atomic mass is 9.99. The van der Waals surface area contributed by atoms with Crippen LogP contribution >= 0.6 is 0 Å². The molecule has 12 heteroatoms. The van der Waals surface area contributed by atoms with E-state index in [-0.39, 0.29) is 49.8 Å². The van der Waals surface area contributed by atoms with Gasteiger partial charge in [0.05, 0.1) is 13.0 Å². The quantitative estimate of drug-likeness (QED) is 0.287. The van der Waals surface area contributed by atoms with Gasteiger partial charge in [0, 0.05) is 26.9 Å². The monoisotopic (exact) mass is 659 g/mol. The number of halogens is 1. The van der Waals surface area contributed by atoms with Crippen molar-refractivity contribution in [1.82, 2.24) is 26.2 Å². The molecule has 11 nitrogen and oxygen atoms in total. The van der Waals surface area contributed by atoms with E-state index < -0.39 is 47.6 Å². The second kappa shape index (κ2) is 16.5. The smallest absolute Gasteiger partial charge is 0.245 e. The fourth-order valence-electron chi connectivity index (χ4n) is 5.37. The van der Waals surface area contributed by atoms with E-state index in [1.165, 1.54) is 37.2 Å². The maximum Gasteiger partial charge on any atom is 0.245 e. The van der Waals surface area contributed by atoms with E-state index in [1.807, 2.05) is 44.2 Å². The van der Waals surface area contributed by atoms with Gasteiger partial charge in [-0.3, -0.25) is 24.0 Å². The maximum absolute atomic E-state index is 14.8. The van der Waals surface area contributed by atoms with Crippen molar-refractivity contribution in [2.45, 2.75) is 57.7 Å². The van der Waals surface area contributed by atoms with E-state index in [1.54, 1.807) is 24.3 Å². The Morgan fingerprint density at radius 1 is 0.917 bits per heavy atom. The van der Waals surface area contributed by atoms with E-state index in [2.05, 4.69) is 21.3 Å². The number of benzene rings is 3. The van der Waals surface area contributed by atoms with Crippen LogP contribution < -0.4 is 26.0 Å². The molecule has 0 aromatic heterocycles. The van der Waals surface area contributed by atoms with Gasteiger partial charge in [0.2, 0.25) is 29.5 Å². The SMILES string of the molecule is CNC(=O)CN(C)C(=O)[C@@H]1Cc2ccc(cc2)Oc2cc(ccc2F)CC(=O)N[C@H](Cc2ccccc2)C(=O)N[C@@H](CC(C)C)C(=O)N1. The summed E-state index contributed by atoms with van der Waals surface area (Å²) < 4.78 is 20.6. The molecule has 5 amide bonds. The zero-order valence-electron chi connectivity index (χ0n) is 27.5. The zero-order chi connectivity index (χ0) is 34.8. The fraction of sp³-hybridized carbons (Fsp3) is 0.361. The molecule has 2 aliphatic rings. The van der Waals surface area contributed by atoms with Crippen molar-refractivity contribution in [1.29, 1.82) is 0 Å². The lowest BCUT2D eigenvalue weighted by Crippen LogP contribution is -2.58. The van der Waals surface area contributed by atoms with Crippen molar-refractivity contribution in [3.63, 3.8) is 0 Å². The Bertz CT molecular complexity index is 1610. The molecule has 0 aliphatic carbocycles. The van der Waals surface area contributed by atoms with Gasteiger partial charge in [0.1, 0.15) is 23.9 Å². The molecular formula is C36H42FN5O6. The van der Waals surface area contributed by atoms with E-state index in [4.69, 9.17) is 4.74 Å². The third-order valence-corrected chi connectivity index (χ3v) is 7.88. The van der Waals surface area contributed by atoms with Gasteiger partial charge >= 0.3 is 0 Å². The highest BCUT2D eigenvalue weighted by molar-refractivity contribution is 5.95. The number of nitrogens with zero attached hydrogens (tertiary/aromatic N) is 1. The van der Waals surface area contributed by atoms with Gasteiger partial charge in [0.25, 0.3) is 0 Å². The molecule has 3 atom stereocenters. The first kappa shape index (κ1) is 35.6. The molecule has 0 radical (unpaired) electrons. The van der Waals surface area contributed by atoms with Crippen molar-refractivity contribution in [2.24, 2.45) is 5.92 Å². The van der Waals surface area contributed by atoms with Crippen LogP contribution in [0.2, 0.25) is 0 Å². The number of rotatable bonds is 7. The third-order valence-electron chi connectivity index (χ3n) is 7.88. The van der Waals surface area contributed by atoms with Gasteiger partial charge < -0.3 is 30.9 Å². The number of carbonyl (C=O) groups excluding carboxylic acids is 5. The zero-order valence-corrected chi connectivity index (χ0v) is 27.5. The first-order chi connectivity index (χ1) is 22.9. The Labute approximate surface area is 279 Å². The Morgan fingerprint density at radius 3 is 2.25 bits per heavy atom. The highest BCUT2D eigenvalue weighted by Crippen LogP contribution is 2.26. The first-order valence-corrected chi connectivity index (χ1v) is 15.9. The van der Waals surface area contributed by atoms with Crippen LogP contribution in [0.15, 0.2) is 72.8 Å². The summed E-state index contributed by atoms with van der Waals surface area (Å²) >= 11 is 0. The fourth-order valence-corrected chi connectivity index (χ4v) is 5.37. The summed E-state index contributed by atoms with van der Waals surface area (Å²) in [6.45, 7) is 3.57. The summed E-state index contributed by atoms with van der Waals surface area (Å²) in [6.07, 6.45) is 0.299. The van der Waals surface area contributed by atoms with E-state index in [0.29, 0.717) is 16.9 Å². The van der Waals surface area contributed by atoms with E-state index >= 15 is 0 Å². The standard InChI is InChI=1S/C36H42FN5O6/c1-22(2)16-28-34(45)41-30(36(47)42(4)21-33(44)38-3)18-24-10-13-26(14-11-24)48-31-19-25(12-15-27(31)37)20-32(43)39-29(35(46)40-28)17-23-8-6-5-7-9-23/h5-15,19,22,28-30H,16-18,20-21H2,1-4H3,(H,38,44)(H,39,43)(H,40,46)(H,41,45)/t28-,29+,30-/m0/s1. The molecule has 48 heavy (non-hydrogen) atoms. The lowest BCUT2D eigenvalue weighted by molar-refractivity contribution is -0.139. The van der Waals surface area contributed by atoms with Crippen LogP contribution in [0.1, 0.15) is 37.0 Å². The van der Waals surface area contributed by atoms with Crippen LogP contribution in [-0.2, 0) is 43.2 Å². The third kappa shape index (κ3) is 10.1. The number of hydrogen-bond acceptors (Lipinski definition) is 6. The molecule has 0 fully saturated rings. The van der Waals surface area contributed by atoms with Gasteiger partial charge in [0.15, 0.2) is 11.6 Å². The number of carbonyl (C=O) groups is 5. The summed E-state index contributed by atoms with van der Waals surface area (Å²) in [6, 6.07) is 16.6. The van der Waals surface area contributed by atoms with Crippen LogP contribution in [0.4, 0.5) is 4.39 Å². The molecule has 0 spiro atoms. The molecule has 4 N–H and O–H groups in total. The van der Waals surface area contributed by atoms with Crippen molar-refractivity contribution >= 4 is 29.5 Å². The summed E-state index contributed by atoms with van der Waals surface area (Å²) in [5, 5.41) is 10.9. The van der Waals surface area contributed by atoms with Crippen molar-refractivity contribution in [2.75, 3.05) is 20.6 Å². The highest BCUT2D eigenvalue weighted by atomic mass is 19.1. The molecule has 0 unspecified atom stereocenters. The number of hydrogen-bond donors (Lipinski definition) is 4. The van der Waals surface area contributed by atoms with Gasteiger partial charge in [-0.05, 0) is 53.3 Å². The van der Waals surface area contributed by atoms with Crippen LogP contribution in [-0.4, -0.2) is 73.2 Å². The molecule has 2 aliphatic heterocycles. The molecule has 4 bridgehead atoms. The molecule has 5 rings (SSSR count). The van der Waals surface area contributed by atoms with Crippen molar-refractivity contribution in [3.8, 4) is 11.5 Å². The molecule has 2 heterocycles. The topological polar surface area (TPSA) is 146 Å². The minimum absolute atomic E-state index is 0.0184. The minimum atomic E-state index is -1.10. The van der Waals surface area contributed by atoms with Gasteiger partial charge in [-0.1, -0.05) is 62.4 Å². The normalized spacial score (nSPS) is 18.7. The summed E-state index contributed by atoms with van der Waals surface area (Å²) in [7, 11) is 2.92. The van der Waals surface area contributed by atoms with Crippen LogP contribution in [0.3, 0.4) is 0 Å². The largest absolute Gasteiger partial charge is 0.454 e. The molecule has 254 valence electrons. The number of fused-ring (bicyclic) bond motifs is 12. The van der Waals surface area contributed by atoms with Gasteiger partial charge in [-0.15, -0.1) is 0 Å². The molecule has 3 aromatic carbocycles. The average molecular weight is 660 g/mol. The number of ether oxygens (including phenoxy) is 1. The average Bonchev–Trinajstić information content (AvgIpc) is 3.05. The van der Waals surface area contributed by atoms with Crippen molar-refractivity contribution in [3.05, 3.63) is 95.3 Å². The van der Waals surface area contributed by atoms with Gasteiger partial charge in [-0.25, -0.2) is 4.39 Å². The van der Waals surface area contributed by atoms with Crippen LogP contribution in [0.5, 0.6) is 11.5 Å². The lowest BCUT2D eigenvalue weighted by Gasteiger charge is -2.28. The second-order valence-electron chi connectivity index (χ2n) is 12.3. The van der Waals surface area contributed by atoms with Gasteiger partial charge in [-0.2, -0.15) is 0 Å². The predicted octanol–water partition coefficient (Wildman–Crippen LogP) is 2.66.